The lowest BCUT2D eigenvalue weighted by Gasteiger charge is -2.11. The van der Waals surface area contributed by atoms with E-state index in [1.807, 2.05) is 60.7 Å². The molecule has 0 aliphatic rings. The minimum Gasteiger partial charge on any atom is -0.492 e. The Bertz CT molecular complexity index is 943. The van der Waals surface area contributed by atoms with Crippen molar-refractivity contribution in [3.8, 4) is 5.75 Å². The Morgan fingerprint density at radius 1 is 0.867 bits per heavy atom. The maximum atomic E-state index is 12.6. The fourth-order valence-corrected chi connectivity index (χ4v) is 3.49. The summed E-state index contributed by atoms with van der Waals surface area (Å²) in [4.78, 5) is 12.6. The van der Waals surface area contributed by atoms with Crippen molar-refractivity contribution in [2.45, 2.75) is 32.6 Å². The molecule has 0 bridgehead atoms. The van der Waals surface area contributed by atoms with E-state index in [1.165, 1.54) is 19.3 Å². The number of ether oxygens (including phenoxy) is 1. The highest BCUT2D eigenvalue weighted by atomic mass is 79.9. The Hall–Kier alpha value is -2.79. The van der Waals surface area contributed by atoms with Crippen LogP contribution in [0.2, 0.25) is 0 Å². The normalized spacial score (nSPS) is 10.5. The van der Waals surface area contributed by atoms with Gasteiger partial charge >= 0.3 is 0 Å². The largest absolute Gasteiger partial charge is 0.492 e. The zero-order valence-corrected chi connectivity index (χ0v) is 18.7. The predicted octanol–water partition coefficient (Wildman–Crippen LogP) is 7.40. The lowest BCUT2D eigenvalue weighted by molar-refractivity contribution is 0.102. The average Bonchev–Trinajstić information content (AvgIpc) is 2.76. The van der Waals surface area contributed by atoms with Gasteiger partial charge in [0, 0.05) is 22.6 Å². The van der Waals surface area contributed by atoms with Crippen LogP contribution in [-0.2, 0) is 0 Å². The molecule has 1 amide bonds. The number of amides is 1. The third-order valence-corrected chi connectivity index (χ3v) is 5.27. The van der Waals surface area contributed by atoms with Crippen LogP contribution in [0, 0.1) is 0 Å². The molecule has 0 heterocycles. The van der Waals surface area contributed by atoms with Crippen LogP contribution in [0.1, 0.15) is 43.0 Å². The van der Waals surface area contributed by atoms with E-state index < -0.39 is 0 Å². The summed E-state index contributed by atoms with van der Waals surface area (Å²) < 4.78 is 6.60. The van der Waals surface area contributed by atoms with Crippen LogP contribution in [0.25, 0.3) is 0 Å². The monoisotopic (exact) mass is 466 g/mol. The first-order chi connectivity index (χ1) is 14.7. The lowest BCUT2D eigenvalue weighted by atomic mass is 10.2. The maximum absolute atomic E-state index is 12.6. The Morgan fingerprint density at radius 2 is 1.57 bits per heavy atom. The number of anilines is 3. The van der Waals surface area contributed by atoms with Gasteiger partial charge < -0.3 is 15.4 Å². The van der Waals surface area contributed by atoms with Gasteiger partial charge in [-0.05, 0) is 76.9 Å². The summed E-state index contributed by atoms with van der Waals surface area (Å²) in [7, 11) is 0. The molecule has 0 saturated heterocycles. The molecule has 0 aliphatic heterocycles. The van der Waals surface area contributed by atoms with Crippen LogP contribution in [-0.4, -0.2) is 12.5 Å². The summed E-state index contributed by atoms with van der Waals surface area (Å²) >= 11 is 3.51. The minimum atomic E-state index is -0.158. The smallest absolute Gasteiger partial charge is 0.255 e. The molecule has 0 atom stereocenters. The van der Waals surface area contributed by atoms with E-state index in [0.29, 0.717) is 12.2 Å². The SMILES string of the molecule is CCCCCCOc1ccc(C(=O)Nc2ccc(Nc3ccccc3)cc2)cc1Br. The van der Waals surface area contributed by atoms with Crippen LogP contribution in [0.15, 0.2) is 77.3 Å². The summed E-state index contributed by atoms with van der Waals surface area (Å²) in [6.45, 7) is 2.88. The molecule has 0 aromatic heterocycles. The highest BCUT2D eigenvalue weighted by Gasteiger charge is 2.10. The number of hydrogen-bond acceptors (Lipinski definition) is 3. The van der Waals surface area contributed by atoms with Crippen LogP contribution in [0.4, 0.5) is 17.1 Å². The summed E-state index contributed by atoms with van der Waals surface area (Å²) in [6, 6.07) is 23.0. The fourth-order valence-electron chi connectivity index (χ4n) is 3.00. The van der Waals surface area contributed by atoms with Gasteiger partial charge in [-0.3, -0.25) is 4.79 Å². The van der Waals surface area contributed by atoms with Gasteiger partial charge in [0.2, 0.25) is 0 Å². The molecule has 3 aromatic rings. The van der Waals surface area contributed by atoms with Gasteiger partial charge in [0.1, 0.15) is 5.75 Å². The van der Waals surface area contributed by atoms with Crippen molar-refractivity contribution in [2.75, 3.05) is 17.2 Å². The van der Waals surface area contributed by atoms with Crippen LogP contribution in [0.5, 0.6) is 5.75 Å². The van der Waals surface area contributed by atoms with Crippen LogP contribution >= 0.6 is 15.9 Å². The minimum absolute atomic E-state index is 0.158. The van der Waals surface area contributed by atoms with E-state index in [0.717, 1.165) is 33.7 Å². The number of para-hydroxylation sites is 1. The number of unbranched alkanes of at least 4 members (excludes halogenated alkanes) is 3. The van der Waals surface area contributed by atoms with E-state index >= 15 is 0 Å². The predicted molar refractivity (Wildman–Crippen MR) is 128 cm³/mol. The van der Waals surface area contributed by atoms with Gasteiger partial charge in [0.15, 0.2) is 0 Å². The third kappa shape index (κ3) is 6.63. The number of carbonyl (C=O) groups is 1. The summed E-state index contributed by atoms with van der Waals surface area (Å²) in [6.07, 6.45) is 4.65. The van der Waals surface area contributed by atoms with E-state index in [-0.39, 0.29) is 5.91 Å². The van der Waals surface area contributed by atoms with Gasteiger partial charge in [-0.25, -0.2) is 0 Å². The molecule has 2 N–H and O–H groups in total. The molecule has 0 spiro atoms. The topological polar surface area (TPSA) is 50.4 Å². The van der Waals surface area contributed by atoms with Crippen molar-refractivity contribution in [1.82, 2.24) is 0 Å². The average molecular weight is 467 g/mol. The lowest BCUT2D eigenvalue weighted by Crippen LogP contribution is -2.12. The van der Waals surface area contributed by atoms with Crippen LogP contribution in [0.3, 0.4) is 0 Å². The highest BCUT2D eigenvalue weighted by Crippen LogP contribution is 2.27. The van der Waals surface area contributed by atoms with Gasteiger partial charge in [0.05, 0.1) is 11.1 Å². The van der Waals surface area contributed by atoms with Crippen molar-refractivity contribution >= 4 is 38.9 Å². The molecule has 5 heteroatoms. The Morgan fingerprint density at radius 3 is 2.27 bits per heavy atom. The third-order valence-electron chi connectivity index (χ3n) is 4.65. The highest BCUT2D eigenvalue weighted by molar-refractivity contribution is 9.10. The second-order valence-corrected chi connectivity index (χ2v) is 7.93. The molecule has 0 radical (unpaired) electrons. The van der Waals surface area contributed by atoms with E-state index in [1.54, 1.807) is 12.1 Å². The van der Waals surface area contributed by atoms with Gasteiger partial charge in [-0.1, -0.05) is 44.4 Å². The van der Waals surface area contributed by atoms with Gasteiger partial charge in [0.25, 0.3) is 5.91 Å². The zero-order chi connectivity index (χ0) is 21.2. The standard InChI is InChI=1S/C25H27BrN2O2/c1-2-3-4-8-17-30-24-16-11-19(18-23(24)26)25(29)28-22-14-12-21(13-15-22)27-20-9-6-5-7-10-20/h5-7,9-16,18,27H,2-4,8,17H2,1H3,(H,28,29). The second kappa shape index (κ2) is 11.4. The molecule has 0 saturated carbocycles. The molecule has 30 heavy (non-hydrogen) atoms. The number of rotatable bonds is 10. The first kappa shape index (κ1) is 21.9. The molecule has 0 fully saturated rings. The van der Waals surface area contributed by atoms with Crippen molar-refractivity contribution < 1.29 is 9.53 Å². The first-order valence-corrected chi connectivity index (χ1v) is 11.1. The number of carbonyl (C=O) groups excluding carboxylic acids is 1. The molecule has 0 unspecified atom stereocenters. The van der Waals surface area contributed by atoms with Crippen molar-refractivity contribution in [2.24, 2.45) is 0 Å². The summed E-state index contributed by atoms with van der Waals surface area (Å²) in [5.41, 5.74) is 3.30. The molecular weight excluding hydrogens is 440 g/mol. The number of hydrogen-bond donors (Lipinski definition) is 2. The summed E-state index contributed by atoms with van der Waals surface area (Å²) in [5, 5.41) is 6.26. The number of halogens is 1. The number of benzene rings is 3. The van der Waals surface area contributed by atoms with E-state index in [4.69, 9.17) is 4.74 Å². The maximum Gasteiger partial charge on any atom is 0.255 e. The van der Waals surface area contributed by atoms with Crippen LogP contribution < -0.4 is 15.4 Å². The van der Waals surface area contributed by atoms with Crippen molar-refractivity contribution in [1.29, 1.82) is 0 Å². The van der Waals surface area contributed by atoms with Crippen molar-refractivity contribution in [3.63, 3.8) is 0 Å². The second-order valence-electron chi connectivity index (χ2n) is 7.08. The molecule has 0 aliphatic carbocycles. The first-order valence-electron chi connectivity index (χ1n) is 10.3. The van der Waals surface area contributed by atoms with E-state index in [9.17, 15) is 4.79 Å². The molecule has 156 valence electrons. The van der Waals surface area contributed by atoms with E-state index in [2.05, 4.69) is 33.5 Å². The summed E-state index contributed by atoms with van der Waals surface area (Å²) in [5.74, 6) is 0.605. The number of nitrogens with one attached hydrogen (secondary N) is 2. The van der Waals surface area contributed by atoms with Crippen molar-refractivity contribution in [3.05, 3.63) is 82.8 Å². The zero-order valence-electron chi connectivity index (χ0n) is 17.2. The Labute approximate surface area is 186 Å². The molecule has 3 aromatic carbocycles. The Kier molecular flexibility index (Phi) is 8.33. The molecule has 4 nitrogen and oxygen atoms in total. The van der Waals surface area contributed by atoms with Gasteiger partial charge in [-0.2, -0.15) is 0 Å². The fraction of sp³-hybridized carbons (Fsp3) is 0.240. The molecular formula is C25H27BrN2O2. The quantitative estimate of drug-likeness (QED) is 0.306. The Balaban J connectivity index is 1.54. The molecule has 3 rings (SSSR count). The van der Waals surface area contributed by atoms with Gasteiger partial charge in [-0.15, -0.1) is 0 Å².